The maximum Gasteiger partial charge on any atom is 0.250 e. The number of benzene rings is 1. The van der Waals surface area contributed by atoms with E-state index in [2.05, 4.69) is 4.98 Å². The molecule has 0 N–H and O–H groups in total. The van der Waals surface area contributed by atoms with Crippen LogP contribution in [0.2, 0.25) is 0 Å². The van der Waals surface area contributed by atoms with Crippen LogP contribution in [0.5, 0.6) is 0 Å². The molecule has 0 amide bonds. The first-order chi connectivity index (χ1) is 8.16. The van der Waals surface area contributed by atoms with Crippen LogP contribution < -0.4 is 5.56 Å². The van der Waals surface area contributed by atoms with Gasteiger partial charge in [-0.05, 0) is 19.1 Å². The smallest absolute Gasteiger partial charge is 0.250 e. The van der Waals surface area contributed by atoms with E-state index >= 15 is 0 Å². The summed E-state index contributed by atoms with van der Waals surface area (Å²) in [4.78, 5) is 16.2. The number of hydrogen-bond donors (Lipinski definition) is 0. The molecule has 3 nitrogen and oxygen atoms in total. The second kappa shape index (κ2) is 3.42. The molecule has 3 aromatic rings. The molecule has 0 saturated carbocycles. The molecule has 0 saturated heterocycles. The molecule has 0 aliphatic carbocycles. The van der Waals surface area contributed by atoms with Crippen LogP contribution in [0.3, 0.4) is 0 Å². The van der Waals surface area contributed by atoms with E-state index in [1.54, 1.807) is 17.7 Å². The molecule has 0 radical (unpaired) electrons. The maximum absolute atomic E-state index is 11.7. The van der Waals surface area contributed by atoms with E-state index in [1.807, 2.05) is 37.3 Å². The molecule has 2 aromatic heterocycles. The number of aromatic nitrogens is 2. The van der Waals surface area contributed by atoms with Crippen LogP contribution in [0.15, 0.2) is 41.2 Å². The number of hydrogen-bond acceptors (Lipinski definition) is 2. The van der Waals surface area contributed by atoms with Gasteiger partial charge in [0, 0.05) is 29.6 Å². The third-order valence-corrected chi connectivity index (χ3v) is 3.08. The summed E-state index contributed by atoms with van der Waals surface area (Å²) in [5.41, 5.74) is 2.75. The van der Waals surface area contributed by atoms with Gasteiger partial charge >= 0.3 is 0 Å². The lowest BCUT2D eigenvalue weighted by Gasteiger charge is -2.07. The van der Waals surface area contributed by atoms with Gasteiger partial charge in [0.2, 0.25) is 0 Å². The summed E-state index contributed by atoms with van der Waals surface area (Å²) in [6.07, 6.45) is 0. The topological polar surface area (TPSA) is 34.9 Å². The Labute approximate surface area is 98.3 Å². The summed E-state index contributed by atoms with van der Waals surface area (Å²) >= 11 is 0. The fourth-order valence-corrected chi connectivity index (χ4v) is 2.16. The van der Waals surface area contributed by atoms with Gasteiger partial charge in [0.15, 0.2) is 0 Å². The van der Waals surface area contributed by atoms with Crippen molar-refractivity contribution in [1.82, 2.24) is 9.55 Å². The van der Waals surface area contributed by atoms with E-state index in [0.717, 1.165) is 27.5 Å². The third-order valence-electron chi connectivity index (χ3n) is 3.08. The standard InChI is InChI=1S/C14H12N2O/c1-9-3-4-10-5-6-11-7-8-12(17)16(2)14(11)13(10)15-9/h3-8H,1-2H3. The fourth-order valence-electron chi connectivity index (χ4n) is 2.16. The van der Waals surface area contributed by atoms with Gasteiger partial charge in [-0.25, -0.2) is 0 Å². The first kappa shape index (κ1) is 10.0. The Balaban J connectivity index is 2.66. The van der Waals surface area contributed by atoms with Crippen LogP contribution in [0.25, 0.3) is 21.8 Å². The van der Waals surface area contributed by atoms with Gasteiger partial charge in [-0.3, -0.25) is 9.78 Å². The minimum atomic E-state index is -0.00620. The summed E-state index contributed by atoms with van der Waals surface area (Å²) in [6, 6.07) is 11.5. The van der Waals surface area contributed by atoms with Crippen molar-refractivity contribution >= 4 is 21.8 Å². The Morgan fingerprint density at radius 3 is 2.47 bits per heavy atom. The van der Waals surface area contributed by atoms with Crippen LogP contribution in [-0.4, -0.2) is 9.55 Å². The van der Waals surface area contributed by atoms with E-state index in [9.17, 15) is 4.79 Å². The minimum absolute atomic E-state index is 0.00620. The zero-order chi connectivity index (χ0) is 12.0. The van der Waals surface area contributed by atoms with Gasteiger partial charge < -0.3 is 4.57 Å². The average Bonchev–Trinajstić information content (AvgIpc) is 2.33. The van der Waals surface area contributed by atoms with Crippen molar-refractivity contribution in [2.45, 2.75) is 6.92 Å². The number of rotatable bonds is 0. The van der Waals surface area contributed by atoms with Crippen LogP contribution >= 0.6 is 0 Å². The molecule has 1 aromatic carbocycles. The van der Waals surface area contributed by atoms with Gasteiger partial charge in [0.25, 0.3) is 5.56 Å². The number of aryl methyl sites for hydroxylation is 2. The molecule has 0 unspecified atom stereocenters. The van der Waals surface area contributed by atoms with Crippen molar-refractivity contribution in [3.8, 4) is 0 Å². The highest BCUT2D eigenvalue weighted by molar-refractivity contribution is 6.02. The Morgan fingerprint density at radius 2 is 1.65 bits per heavy atom. The molecule has 2 heterocycles. The Kier molecular flexibility index (Phi) is 2.01. The zero-order valence-electron chi connectivity index (χ0n) is 9.77. The third kappa shape index (κ3) is 1.43. The van der Waals surface area contributed by atoms with Crippen LogP contribution in [0, 0.1) is 6.92 Å². The van der Waals surface area contributed by atoms with E-state index in [1.165, 1.54) is 0 Å². The summed E-state index contributed by atoms with van der Waals surface area (Å²) in [7, 11) is 1.79. The van der Waals surface area contributed by atoms with Crippen molar-refractivity contribution in [3.05, 3.63) is 52.4 Å². The highest BCUT2D eigenvalue weighted by Gasteiger charge is 2.05. The largest absolute Gasteiger partial charge is 0.309 e. The lowest BCUT2D eigenvalue weighted by Crippen LogP contribution is -2.15. The molecule has 0 fully saturated rings. The molecule has 0 spiro atoms. The van der Waals surface area contributed by atoms with Gasteiger partial charge in [-0.2, -0.15) is 0 Å². The Hall–Kier alpha value is -2.16. The normalized spacial score (nSPS) is 11.2. The van der Waals surface area contributed by atoms with Crippen molar-refractivity contribution in [2.24, 2.45) is 7.05 Å². The van der Waals surface area contributed by atoms with E-state index in [0.29, 0.717) is 0 Å². The lowest BCUT2D eigenvalue weighted by molar-refractivity contribution is 0.908. The fraction of sp³-hybridized carbons (Fsp3) is 0.143. The number of fused-ring (bicyclic) bond motifs is 3. The summed E-state index contributed by atoms with van der Waals surface area (Å²) in [5, 5.41) is 2.10. The molecule has 84 valence electrons. The second-order valence-corrected chi connectivity index (χ2v) is 4.26. The molecule has 0 aliphatic rings. The number of pyridine rings is 2. The van der Waals surface area contributed by atoms with Crippen molar-refractivity contribution in [2.75, 3.05) is 0 Å². The molecular weight excluding hydrogens is 212 g/mol. The predicted molar refractivity (Wildman–Crippen MR) is 69.2 cm³/mol. The minimum Gasteiger partial charge on any atom is -0.309 e. The number of nitrogens with zero attached hydrogens (tertiary/aromatic N) is 2. The first-order valence-electron chi connectivity index (χ1n) is 5.53. The lowest BCUT2D eigenvalue weighted by atomic mass is 10.1. The Morgan fingerprint density at radius 1 is 1.00 bits per heavy atom. The maximum atomic E-state index is 11.7. The van der Waals surface area contributed by atoms with E-state index < -0.39 is 0 Å². The van der Waals surface area contributed by atoms with Crippen molar-refractivity contribution < 1.29 is 0 Å². The molecule has 3 rings (SSSR count). The van der Waals surface area contributed by atoms with Gasteiger partial charge in [-0.15, -0.1) is 0 Å². The van der Waals surface area contributed by atoms with E-state index in [-0.39, 0.29) is 5.56 Å². The van der Waals surface area contributed by atoms with Crippen LogP contribution in [0.1, 0.15) is 5.69 Å². The summed E-state index contributed by atoms with van der Waals surface area (Å²) in [5.74, 6) is 0. The Bertz CT molecular complexity index is 787. The summed E-state index contributed by atoms with van der Waals surface area (Å²) < 4.78 is 1.66. The highest BCUT2D eigenvalue weighted by atomic mass is 16.1. The molecular formula is C14H12N2O. The quantitative estimate of drug-likeness (QED) is 0.549. The molecule has 0 bridgehead atoms. The van der Waals surface area contributed by atoms with E-state index in [4.69, 9.17) is 0 Å². The summed E-state index contributed by atoms with van der Waals surface area (Å²) in [6.45, 7) is 1.96. The van der Waals surface area contributed by atoms with Gasteiger partial charge in [0.1, 0.15) is 0 Å². The van der Waals surface area contributed by atoms with Crippen LogP contribution in [-0.2, 0) is 7.05 Å². The zero-order valence-corrected chi connectivity index (χ0v) is 9.77. The van der Waals surface area contributed by atoms with Crippen molar-refractivity contribution in [3.63, 3.8) is 0 Å². The predicted octanol–water partition coefficient (Wildman–Crippen LogP) is 2.40. The second-order valence-electron chi connectivity index (χ2n) is 4.26. The molecule has 0 aliphatic heterocycles. The monoisotopic (exact) mass is 224 g/mol. The molecule has 17 heavy (non-hydrogen) atoms. The SMILES string of the molecule is Cc1ccc2ccc3ccc(=O)n(C)c3c2n1. The van der Waals surface area contributed by atoms with Crippen LogP contribution in [0.4, 0.5) is 0 Å². The van der Waals surface area contributed by atoms with Gasteiger partial charge in [0.05, 0.1) is 11.0 Å². The average molecular weight is 224 g/mol. The molecule has 0 atom stereocenters. The van der Waals surface area contributed by atoms with Gasteiger partial charge in [-0.1, -0.05) is 18.2 Å². The molecule has 3 heteroatoms. The highest BCUT2D eigenvalue weighted by Crippen LogP contribution is 2.22. The first-order valence-corrected chi connectivity index (χ1v) is 5.53. The van der Waals surface area contributed by atoms with Crippen molar-refractivity contribution in [1.29, 1.82) is 0 Å².